The number of aryl methyl sites for hydroxylation is 1. The number of aromatic nitrogens is 2. The van der Waals surface area contributed by atoms with Crippen LogP contribution >= 0.6 is 11.3 Å². The van der Waals surface area contributed by atoms with Gasteiger partial charge in [-0.3, -0.25) is 4.79 Å². The van der Waals surface area contributed by atoms with E-state index in [1.807, 2.05) is 0 Å². The highest BCUT2D eigenvalue weighted by Crippen LogP contribution is 2.19. The average Bonchev–Trinajstić information content (AvgIpc) is 3.26. The number of carbonyl (C=O) groups is 1. The van der Waals surface area contributed by atoms with Crippen LogP contribution in [-0.4, -0.2) is 49.2 Å². The zero-order chi connectivity index (χ0) is 17.9. The number of likely N-dealkylation sites (tertiary alicyclic amines) is 1. The summed E-state index contributed by atoms with van der Waals surface area (Å²) in [6.07, 6.45) is 1.90. The molecule has 8 nitrogen and oxygen atoms in total. The lowest BCUT2D eigenvalue weighted by Gasteiger charge is -2.32. The predicted octanol–water partition coefficient (Wildman–Crippen LogP) is 1.20. The molecule has 1 amide bonds. The van der Waals surface area contributed by atoms with Gasteiger partial charge in [-0.15, -0.1) is 11.3 Å². The van der Waals surface area contributed by atoms with E-state index in [1.54, 1.807) is 29.3 Å². The van der Waals surface area contributed by atoms with Gasteiger partial charge in [-0.25, -0.2) is 17.8 Å². The molecule has 2 aromatic rings. The average molecular weight is 384 g/mol. The van der Waals surface area contributed by atoms with Crippen LogP contribution in [-0.2, 0) is 21.2 Å². The van der Waals surface area contributed by atoms with E-state index in [-0.39, 0.29) is 18.2 Å². The molecule has 0 radical (unpaired) electrons. The van der Waals surface area contributed by atoms with E-state index in [0.717, 1.165) is 12.8 Å². The summed E-state index contributed by atoms with van der Waals surface area (Å²) in [7, 11) is -3.47. The minimum absolute atomic E-state index is 0.0374. The normalized spacial score (nSPS) is 18.4. The minimum atomic E-state index is -3.47. The van der Waals surface area contributed by atoms with Crippen LogP contribution in [0, 0.1) is 12.8 Å². The van der Waals surface area contributed by atoms with Crippen molar-refractivity contribution in [1.29, 1.82) is 0 Å². The standard InChI is InChI=1S/C15H20N4O4S2/c1-11-13(18-23-17-11)8-14(20)19-6-2-4-12(10-19)9-16-25(21,22)15-5-3-7-24-15/h3,5,7,12,16H,2,4,6,8-10H2,1H3. The molecule has 3 heterocycles. The van der Waals surface area contributed by atoms with Crippen molar-refractivity contribution >= 4 is 27.3 Å². The number of thiophene rings is 1. The Kier molecular flexibility index (Phi) is 5.50. The number of piperidine rings is 1. The summed E-state index contributed by atoms with van der Waals surface area (Å²) >= 11 is 1.19. The van der Waals surface area contributed by atoms with E-state index < -0.39 is 10.0 Å². The fourth-order valence-electron chi connectivity index (χ4n) is 2.84. The van der Waals surface area contributed by atoms with Gasteiger partial charge in [-0.2, -0.15) is 0 Å². The fourth-order valence-corrected chi connectivity index (χ4v) is 4.99. The Morgan fingerprint density at radius 2 is 2.32 bits per heavy atom. The molecule has 0 bridgehead atoms. The van der Waals surface area contributed by atoms with Crippen LogP contribution in [0.5, 0.6) is 0 Å². The van der Waals surface area contributed by atoms with Gasteiger partial charge in [-0.05, 0) is 37.1 Å². The monoisotopic (exact) mass is 384 g/mol. The van der Waals surface area contributed by atoms with Crippen LogP contribution in [0.15, 0.2) is 26.4 Å². The number of amides is 1. The number of rotatable bonds is 6. The lowest BCUT2D eigenvalue weighted by Crippen LogP contribution is -2.44. The van der Waals surface area contributed by atoms with Crippen molar-refractivity contribution in [2.45, 2.75) is 30.4 Å². The van der Waals surface area contributed by atoms with Gasteiger partial charge in [0.15, 0.2) is 0 Å². The van der Waals surface area contributed by atoms with Crippen molar-refractivity contribution in [3.05, 3.63) is 28.9 Å². The molecule has 3 rings (SSSR count). The maximum Gasteiger partial charge on any atom is 0.250 e. The van der Waals surface area contributed by atoms with Crippen molar-refractivity contribution in [2.24, 2.45) is 5.92 Å². The Morgan fingerprint density at radius 1 is 1.48 bits per heavy atom. The molecule has 1 aliphatic rings. The van der Waals surface area contributed by atoms with Gasteiger partial charge in [0.2, 0.25) is 15.9 Å². The minimum Gasteiger partial charge on any atom is -0.342 e. The molecule has 1 unspecified atom stereocenters. The molecule has 10 heteroatoms. The summed E-state index contributed by atoms with van der Waals surface area (Å²) in [4.78, 5) is 14.2. The molecule has 1 fully saturated rings. The molecule has 0 aromatic carbocycles. The molecule has 1 N–H and O–H groups in total. The van der Waals surface area contributed by atoms with Gasteiger partial charge in [0.05, 0.1) is 6.42 Å². The van der Waals surface area contributed by atoms with Crippen LogP contribution < -0.4 is 4.72 Å². The van der Waals surface area contributed by atoms with Crippen molar-refractivity contribution in [3.8, 4) is 0 Å². The van der Waals surface area contributed by atoms with Gasteiger partial charge < -0.3 is 4.90 Å². The Balaban J connectivity index is 1.54. The first-order valence-electron chi connectivity index (χ1n) is 8.04. The van der Waals surface area contributed by atoms with E-state index in [2.05, 4.69) is 19.7 Å². The van der Waals surface area contributed by atoms with Crippen LogP contribution in [0.2, 0.25) is 0 Å². The first-order valence-corrected chi connectivity index (χ1v) is 10.4. The molecule has 0 aliphatic carbocycles. The van der Waals surface area contributed by atoms with Crippen LogP contribution in [0.4, 0.5) is 0 Å². The molecule has 1 atom stereocenters. The molecule has 1 aliphatic heterocycles. The van der Waals surface area contributed by atoms with E-state index in [0.29, 0.717) is 35.2 Å². The number of nitrogens with one attached hydrogen (secondary N) is 1. The van der Waals surface area contributed by atoms with Crippen molar-refractivity contribution < 1.29 is 17.8 Å². The van der Waals surface area contributed by atoms with Crippen LogP contribution in [0.25, 0.3) is 0 Å². The zero-order valence-corrected chi connectivity index (χ0v) is 15.5. The maximum atomic E-state index is 12.4. The largest absolute Gasteiger partial charge is 0.342 e. The van der Waals surface area contributed by atoms with Crippen LogP contribution in [0.1, 0.15) is 24.2 Å². The first kappa shape index (κ1) is 18.0. The fraction of sp³-hybridized carbons (Fsp3) is 0.533. The Labute approximate surface area is 150 Å². The van der Waals surface area contributed by atoms with Gasteiger partial charge in [0.1, 0.15) is 15.6 Å². The van der Waals surface area contributed by atoms with Gasteiger partial charge in [-0.1, -0.05) is 16.4 Å². The smallest absolute Gasteiger partial charge is 0.250 e. The number of hydrogen-bond acceptors (Lipinski definition) is 7. The SMILES string of the molecule is Cc1nonc1CC(=O)N1CCCC(CNS(=O)(=O)c2cccs2)C1. The zero-order valence-electron chi connectivity index (χ0n) is 13.8. The van der Waals surface area contributed by atoms with Crippen molar-refractivity contribution in [1.82, 2.24) is 19.9 Å². The summed E-state index contributed by atoms with van der Waals surface area (Å²) in [5.41, 5.74) is 1.16. The van der Waals surface area contributed by atoms with Crippen LogP contribution in [0.3, 0.4) is 0 Å². The molecule has 0 spiro atoms. The topological polar surface area (TPSA) is 105 Å². The lowest BCUT2D eigenvalue weighted by molar-refractivity contribution is -0.132. The third-order valence-electron chi connectivity index (χ3n) is 4.26. The number of sulfonamides is 1. The molecule has 0 saturated carbocycles. The Bertz CT molecular complexity index is 816. The summed E-state index contributed by atoms with van der Waals surface area (Å²) in [6.45, 7) is 3.29. The van der Waals surface area contributed by atoms with E-state index in [4.69, 9.17) is 0 Å². The number of nitrogens with zero attached hydrogens (tertiary/aromatic N) is 3. The van der Waals surface area contributed by atoms with E-state index >= 15 is 0 Å². The van der Waals surface area contributed by atoms with E-state index in [1.165, 1.54) is 11.3 Å². The van der Waals surface area contributed by atoms with Crippen molar-refractivity contribution in [2.75, 3.05) is 19.6 Å². The van der Waals surface area contributed by atoms with Gasteiger partial charge in [0.25, 0.3) is 0 Å². The summed E-state index contributed by atoms with van der Waals surface area (Å²) in [5.74, 6) is 0.0635. The molecule has 25 heavy (non-hydrogen) atoms. The second-order valence-corrected chi connectivity index (χ2v) is 9.05. The number of carbonyl (C=O) groups excluding carboxylic acids is 1. The quantitative estimate of drug-likeness (QED) is 0.802. The predicted molar refractivity (Wildman–Crippen MR) is 91.6 cm³/mol. The third-order valence-corrected chi connectivity index (χ3v) is 7.08. The highest BCUT2D eigenvalue weighted by Gasteiger charge is 2.26. The molecular weight excluding hydrogens is 364 g/mol. The van der Waals surface area contributed by atoms with E-state index in [9.17, 15) is 13.2 Å². The first-order chi connectivity index (χ1) is 12.0. The van der Waals surface area contributed by atoms with Gasteiger partial charge in [0, 0.05) is 19.6 Å². The molecule has 136 valence electrons. The second kappa shape index (κ2) is 7.63. The molecule has 2 aromatic heterocycles. The third kappa shape index (κ3) is 4.44. The summed E-state index contributed by atoms with van der Waals surface area (Å²) < 4.78 is 32.0. The Hall–Kier alpha value is -1.78. The Morgan fingerprint density at radius 3 is 3.00 bits per heavy atom. The highest BCUT2D eigenvalue weighted by molar-refractivity contribution is 7.91. The molecular formula is C15H20N4O4S2. The van der Waals surface area contributed by atoms with Gasteiger partial charge >= 0.3 is 0 Å². The summed E-state index contributed by atoms with van der Waals surface area (Å²) in [6, 6.07) is 3.29. The maximum absolute atomic E-state index is 12.4. The second-order valence-electron chi connectivity index (χ2n) is 6.11. The highest BCUT2D eigenvalue weighted by atomic mass is 32.2. The summed E-state index contributed by atoms with van der Waals surface area (Å²) in [5, 5.41) is 9.15. The molecule has 1 saturated heterocycles. The van der Waals surface area contributed by atoms with Crippen molar-refractivity contribution in [3.63, 3.8) is 0 Å². The lowest BCUT2D eigenvalue weighted by atomic mass is 9.98. The number of hydrogen-bond donors (Lipinski definition) is 1.